The van der Waals surface area contributed by atoms with Crippen LogP contribution < -0.4 is 5.32 Å². The van der Waals surface area contributed by atoms with Crippen LogP contribution in [0, 0.1) is 5.41 Å². The maximum absolute atomic E-state index is 13.1. The van der Waals surface area contributed by atoms with E-state index >= 15 is 0 Å². The van der Waals surface area contributed by atoms with Crippen molar-refractivity contribution in [3.8, 4) is 0 Å². The zero-order valence-corrected chi connectivity index (χ0v) is 16.6. The number of esters is 1. The molecule has 0 spiro atoms. The molecule has 1 N–H and O–H groups in total. The van der Waals surface area contributed by atoms with E-state index in [2.05, 4.69) is 31.1 Å². The minimum absolute atomic E-state index is 0.0916. The molecular weight excluding hydrogens is 340 g/mol. The van der Waals surface area contributed by atoms with Crippen LogP contribution in [0.2, 0.25) is 0 Å². The van der Waals surface area contributed by atoms with Crippen LogP contribution in [0.3, 0.4) is 0 Å². The van der Waals surface area contributed by atoms with Gasteiger partial charge in [-0.2, -0.15) is 0 Å². The number of hydrogen-bond acceptors (Lipinski definition) is 5. The van der Waals surface area contributed by atoms with Gasteiger partial charge in [0, 0.05) is 41.7 Å². The largest absolute Gasteiger partial charge is 0.462 e. The van der Waals surface area contributed by atoms with E-state index in [1.807, 2.05) is 19.1 Å². The van der Waals surface area contributed by atoms with E-state index in [1.54, 1.807) is 12.4 Å². The zero-order valence-electron chi connectivity index (χ0n) is 16.6. The minimum Gasteiger partial charge on any atom is -0.462 e. The molecule has 1 aromatic heterocycles. The summed E-state index contributed by atoms with van der Waals surface area (Å²) in [6, 6.07) is 3.76. The first kappa shape index (κ1) is 19.3. The number of carbonyl (C=O) groups excluding carboxylic acids is 2. The molecule has 0 saturated carbocycles. The van der Waals surface area contributed by atoms with E-state index in [9.17, 15) is 9.59 Å². The second kappa shape index (κ2) is 7.67. The highest BCUT2D eigenvalue weighted by molar-refractivity contribution is 6.04. The van der Waals surface area contributed by atoms with Crippen molar-refractivity contribution >= 4 is 11.8 Å². The number of nitrogens with one attached hydrogen (secondary N) is 1. The number of dihydropyridines is 1. The van der Waals surface area contributed by atoms with E-state index < -0.39 is 5.92 Å². The van der Waals surface area contributed by atoms with Crippen molar-refractivity contribution in [3.63, 3.8) is 0 Å². The van der Waals surface area contributed by atoms with Crippen molar-refractivity contribution in [3.05, 3.63) is 52.6 Å². The van der Waals surface area contributed by atoms with Gasteiger partial charge >= 0.3 is 5.97 Å². The number of hydrogen-bond donors (Lipinski definition) is 1. The number of carbonyl (C=O) groups is 2. The van der Waals surface area contributed by atoms with E-state index in [-0.39, 0.29) is 17.2 Å². The van der Waals surface area contributed by atoms with Gasteiger partial charge in [-0.25, -0.2) is 4.79 Å². The fourth-order valence-corrected chi connectivity index (χ4v) is 3.97. The normalized spacial score (nSPS) is 21.6. The molecule has 144 valence electrons. The summed E-state index contributed by atoms with van der Waals surface area (Å²) in [6.45, 7) is 8.53. The number of rotatable bonds is 5. The Morgan fingerprint density at radius 1 is 1.37 bits per heavy atom. The summed E-state index contributed by atoms with van der Waals surface area (Å²) >= 11 is 0. The summed E-state index contributed by atoms with van der Waals surface area (Å²) in [5.41, 5.74) is 3.65. The highest BCUT2D eigenvalue weighted by Gasteiger charge is 2.43. The Balaban J connectivity index is 2.06. The van der Waals surface area contributed by atoms with Gasteiger partial charge in [-0.3, -0.25) is 9.78 Å². The number of ether oxygens (including phenoxy) is 1. The van der Waals surface area contributed by atoms with Crippen molar-refractivity contribution in [2.45, 2.75) is 59.3 Å². The van der Waals surface area contributed by atoms with Crippen LogP contribution >= 0.6 is 0 Å². The van der Waals surface area contributed by atoms with E-state index in [0.717, 1.165) is 36.2 Å². The fraction of sp³-hybridized carbons (Fsp3) is 0.500. The molecule has 5 nitrogen and oxygen atoms in total. The van der Waals surface area contributed by atoms with Crippen molar-refractivity contribution in [1.29, 1.82) is 0 Å². The van der Waals surface area contributed by atoms with Gasteiger partial charge in [0.05, 0.1) is 12.2 Å². The summed E-state index contributed by atoms with van der Waals surface area (Å²) in [5.74, 6) is -0.687. The molecule has 5 heteroatoms. The topological polar surface area (TPSA) is 68.3 Å². The second-order valence-electron chi connectivity index (χ2n) is 8.21. The molecule has 0 aromatic carbocycles. The lowest BCUT2D eigenvalue weighted by Gasteiger charge is -2.39. The lowest BCUT2D eigenvalue weighted by Crippen LogP contribution is -2.38. The van der Waals surface area contributed by atoms with Crippen molar-refractivity contribution in [2.75, 3.05) is 6.61 Å². The number of unbranched alkanes of at least 4 members (excludes halogenated alkanes) is 1. The van der Waals surface area contributed by atoms with Crippen LogP contribution in [0.4, 0.5) is 0 Å². The number of pyridine rings is 1. The van der Waals surface area contributed by atoms with Crippen LogP contribution in [0.25, 0.3) is 0 Å². The Bertz CT molecular complexity index is 806. The first-order valence-corrected chi connectivity index (χ1v) is 9.65. The van der Waals surface area contributed by atoms with Gasteiger partial charge in [0.15, 0.2) is 5.78 Å². The predicted molar refractivity (Wildman–Crippen MR) is 104 cm³/mol. The molecule has 1 atom stereocenters. The van der Waals surface area contributed by atoms with Gasteiger partial charge in [-0.05, 0) is 36.8 Å². The number of ketones is 1. The maximum atomic E-state index is 13.1. The van der Waals surface area contributed by atoms with Gasteiger partial charge in [0.1, 0.15) is 0 Å². The standard InChI is InChI=1S/C22H28N2O3/c1-5-6-10-27-21(26)18-14(2)24-16-11-22(3,4)12-17(25)20(16)19(18)15-8-7-9-23-13-15/h7-9,13,19,24H,5-6,10-12H2,1-4H3/t19-/m1/s1. The van der Waals surface area contributed by atoms with Crippen molar-refractivity contribution < 1.29 is 14.3 Å². The average Bonchev–Trinajstić information content (AvgIpc) is 2.60. The summed E-state index contributed by atoms with van der Waals surface area (Å²) in [4.78, 5) is 30.2. The predicted octanol–water partition coefficient (Wildman–Crippen LogP) is 4.03. The average molecular weight is 368 g/mol. The summed E-state index contributed by atoms with van der Waals surface area (Å²) < 4.78 is 5.51. The van der Waals surface area contributed by atoms with E-state index in [1.165, 1.54) is 0 Å². The molecule has 0 saturated heterocycles. The lowest BCUT2D eigenvalue weighted by atomic mass is 9.69. The second-order valence-corrected chi connectivity index (χ2v) is 8.21. The molecule has 1 aromatic rings. The molecule has 1 aliphatic carbocycles. The quantitative estimate of drug-likeness (QED) is 0.628. The SMILES string of the molecule is CCCCOC(=O)C1=C(C)NC2=C(C(=O)CC(C)(C)C2)[C@@H]1c1cccnc1. The van der Waals surface area contributed by atoms with Crippen LogP contribution in [0.15, 0.2) is 47.1 Å². The maximum Gasteiger partial charge on any atom is 0.336 e. The van der Waals surface area contributed by atoms with Crippen molar-refractivity contribution in [2.24, 2.45) is 5.41 Å². The molecule has 0 bridgehead atoms. The third kappa shape index (κ3) is 3.97. The van der Waals surface area contributed by atoms with Gasteiger partial charge in [0.25, 0.3) is 0 Å². The molecule has 0 radical (unpaired) electrons. The van der Waals surface area contributed by atoms with E-state index in [0.29, 0.717) is 24.2 Å². The zero-order chi connectivity index (χ0) is 19.6. The number of Topliss-reactive ketones (excluding diaryl/α,β-unsaturated/α-hetero) is 1. The van der Waals surface area contributed by atoms with Crippen molar-refractivity contribution in [1.82, 2.24) is 10.3 Å². The Morgan fingerprint density at radius 2 is 2.15 bits per heavy atom. The third-order valence-electron chi connectivity index (χ3n) is 5.21. The Hall–Kier alpha value is -2.43. The summed E-state index contributed by atoms with van der Waals surface area (Å²) in [6.07, 6.45) is 6.46. The van der Waals surface area contributed by atoms with E-state index in [4.69, 9.17) is 4.74 Å². The molecule has 0 unspecified atom stereocenters. The minimum atomic E-state index is -0.423. The van der Waals surface area contributed by atoms with Crippen LogP contribution in [-0.4, -0.2) is 23.3 Å². The van der Waals surface area contributed by atoms with Gasteiger partial charge < -0.3 is 10.1 Å². The summed E-state index contributed by atoms with van der Waals surface area (Å²) in [5, 5.41) is 3.34. The molecule has 27 heavy (non-hydrogen) atoms. The monoisotopic (exact) mass is 368 g/mol. The van der Waals surface area contributed by atoms with Gasteiger partial charge in [-0.15, -0.1) is 0 Å². The Kier molecular flexibility index (Phi) is 5.49. The Morgan fingerprint density at radius 3 is 2.81 bits per heavy atom. The molecule has 0 amide bonds. The van der Waals surface area contributed by atoms with Gasteiger partial charge in [-0.1, -0.05) is 33.3 Å². The molecule has 1 aliphatic heterocycles. The smallest absolute Gasteiger partial charge is 0.336 e. The molecule has 3 rings (SSSR count). The summed E-state index contributed by atoms with van der Waals surface area (Å²) in [7, 11) is 0. The highest BCUT2D eigenvalue weighted by Crippen LogP contribution is 2.46. The molecular formula is C22H28N2O3. The number of aromatic nitrogens is 1. The molecule has 0 fully saturated rings. The van der Waals surface area contributed by atoms with Crippen LogP contribution in [0.5, 0.6) is 0 Å². The number of nitrogens with zero attached hydrogens (tertiary/aromatic N) is 1. The lowest BCUT2D eigenvalue weighted by molar-refractivity contribution is -0.139. The first-order chi connectivity index (χ1) is 12.8. The van der Waals surface area contributed by atoms with Crippen LogP contribution in [0.1, 0.15) is 64.9 Å². The van der Waals surface area contributed by atoms with Crippen LogP contribution in [-0.2, 0) is 14.3 Å². The fourth-order valence-electron chi connectivity index (χ4n) is 3.97. The first-order valence-electron chi connectivity index (χ1n) is 9.65. The highest BCUT2D eigenvalue weighted by atomic mass is 16.5. The van der Waals surface area contributed by atoms with Gasteiger partial charge in [0.2, 0.25) is 0 Å². The molecule has 2 heterocycles. The molecule has 2 aliphatic rings. The third-order valence-corrected chi connectivity index (χ3v) is 5.21. The Labute approximate surface area is 160 Å². The number of allylic oxidation sites excluding steroid dienone is 3.